The van der Waals surface area contributed by atoms with Crippen LogP contribution in [0.4, 0.5) is 13.2 Å². The molecule has 0 saturated heterocycles. The molecule has 134 valence electrons. The van der Waals surface area contributed by atoms with Crippen molar-refractivity contribution >= 4 is 11.8 Å². The van der Waals surface area contributed by atoms with E-state index in [1.54, 1.807) is 13.8 Å². The number of rotatable bonds is 3. The average Bonchev–Trinajstić information content (AvgIpc) is 2.84. The largest absolute Gasteiger partial charge is 0.466 e. The van der Waals surface area contributed by atoms with Crippen LogP contribution in [0, 0.1) is 13.8 Å². The first-order valence-corrected chi connectivity index (χ1v) is 7.02. The molecular weight excluding hydrogens is 343 g/mol. The number of nitrogens with zero attached hydrogens (tertiary/aromatic N) is 1. The Morgan fingerprint density at radius 1 is 1.24 bits per heavy atom. The molecule has 0 aliphatic rings. The molecule has 0 saturated carbocycles. The molecule has 0 aliphatic heterocycles. The molecule has 2 rings (SSSR count). The Balaban J connectivity index is 2.03. The Bertz CT molecular complexity index is 868. The lowest BCUT2D eigenvalue weighted by Crippen LogP contribution is -2.44. The topological polar surface area (TPSA) is 93.3 Å². The molecule has 0 spiro atoms. The van der Waals surface area contributed by atoms with Crippen molar-refractivity contribution in [2.24, 2.45) is 0 Å². The lowest BCUT2D eigenvalue weighted by atomic mass is 10.2. The van der Waals surface area contributed by atoms with Crippen LogP contribution >= 0.6 is 0 Å². The van der Waals surface area contributed by atoms with Crippen molar-refractivity contribution in [1.29, 1.82) is 0 Å². The predicted octanol–water partition coefficient (Wildman–Crippen LogP) is 1.54. The van der Waals surface area contributed by atoms with Gasteiger partial charge >= 0.3 is 6.18 Å². The maximum absolute atomic E-state index is 12.7. The van der Waals surface area contributed by atoms with Crippen LogP contribution in [0.15, 0.2) is 33.6 Å². The molecule has 0 fully saturated rings. The Kier molecular flexibility index (Phi) is 5.00. The Morgan fingerprint density at radius 2 is 1.92 bits per heavy atom. The number of carbonyl (C=O) groups excluding carboxylic acids is 2. The van der Waals surface area contributed by atoms with Crippen LogP contribution in [-0.2, 0) is 17.5 Å². The fourth-order valence-electron chi connectivity index (χ4n) is 2.12. The fourth-order valence-corrected chi connectivity index (χ4v) is 2.12. The molecular formula is C15H14F3N3O4. The number of carbonyl (C=O) groups is 2. The van der Waals surface area contributed by atoms with E-state index in [9.17, 15) is 27.6 Å². The molecule has 25 heavy (non-hydrogen) atoms. The van der Waals surface area contributed by atoms with E-state index in [2.05, 4.69) is 5.43 Å². The zero-order valence-electron chi connectivity index (χ0n) is 13.2. The number of amides is 2. The van der Waals surface area contributed by atoms with Crippen molar-refractivity contribution in [1.82, 2.24) is 15.4 Å². The number of hydrogen-bond donors (Lipinski definition) is 2. The number of aromatic nitrogens is 1. The molecule has 0 aliphatic carbocycles. The Morgan fingerprint density at radius 3 is 2.48 bits per heavy atom. The molecule has 2 aromatic heterocycles. The second kappa shape index (κ2) is 6.83. The van der Waals surface area contributed by atoms with Crippen molar-refractivity contribution in [2.75, 3.05) is 0 Å². The van der Waals surface area contributed by atoms with Gasteiger partial charge < -0.3 is 8.98 Å². The third-order valence-corrected chi connectivity index (χ3v) is 3.24. The van der Waals surface area contributed by atoms with E-state index in [0.29, 0.717) is 22.2 Å². The maximum atomic E-state index is 12.7. The van der Waals surface area contributed by atoms with E-state index in [1.165, 1.54) is 6.07 Å². The molecule has 0 aromatic carbocycles. The van der Waals surface area contributed by atoms with E-state index in [4.69, 9.17) is 4.42 Å². The SMILES string of the molecule is Cc1cc(C(=O)NNC(=O)Cn2cccc(C(F)(F)F)c2=O)c(C)o1. The summed E-state index contributed by atoms with van der Waals surface area (Å²) in [6.45, 7) is 2.51. The van der Waals surface area contributed by atoms with Gasteiger partial charge in [0.1, 0.15) is 23.6 Å². The minimum atomic E-state index is -4.82. The minimum absolute atomic E-state index is 0.203. The minimum Gasteiger partial charge on any atom is -0.466 e. The zero-order valence-corrected chi connectivity index (χ0v) is 13.2. The molecule has 10 heteroatoms. The molecule has 7 nitrogen and oxygen atoms in total. The summed E-state index contributed by atoms with van der Waals surface area (Å²) < 4.78 is 43.8. The van der Waals surface area contributed by atoms with Crippen LogP contribution in [0.25, 0.3) is 0 Å². The van der Waals surface area contributed by atoms with E-state index in [0.717, 1.165) is 12.3 Å². The van der Waals surface area contributed by atoms with E-state index in [-0.39, 0.29) is 5.56 Å². The number of pyridine rings is 1. The lowest BCUT2D eigenvalue weighted by molar-refractivity contribution is -0.139. The highest BCUT2D eigenvalue weighted by Crippen LogP contribution is 2.25. The fraction of sp³-hybridized carbons (Fsp3) is 0.267. The van der Waals surface area contributed by atoms with Crippen LogP contribution in [-0.4, -0.2) is 16.4 Å². The number of nitrogens with one attached hydrogen (secondary N) is 2. The van der Waals surface area contributed by atoms with Crippen molar-refractivity contribution < 1.29 is 27.2 Å². The first kappa shape index (κ1) is 18.3. The Labute approximate surface area is 139 Å². The van der Waals surface area contributed by atoms with Gasteiger partial charge in [-0.2, -0.15) is 13.2 Å². The highest BCUT2D eigenvalue weighted by Gasteiger charge is 2.34. The number of furan rings is 1. The second-order valence-electron chi connectivity index (χ2n) is 5.18. The van der Waals surface area contributed by atoms with Crippen LogP contribution in [0.1, 0.15) is 27.4 Å². The molecule has 0 atom stereocenters. The first-order chi connectivity index (χ1) is 11.6. The number of halogens is 3. The van der Waals surface area contributed by atoms with Crippen LogP contribution in [0.3, 0.4) is 0 Å². The van der Waals surface area contributed by atoms with Gasteiger partial charge in [0.15, 0.2) is 0 Å². The van der Waals surface area contributed by atoms with Gasteiger partial charge in [-0.15, -0.1) is 0 Å². The number of aryl methyl sites for hydroxylation is 2. The Hall–Kier alpha value is -3.04. The van der Waals surface area contributed by atoms with Crippen LogP contribution in [0.5, 0.6) is 0 Å². The van der Waals surface area contributed by atoms with Gasteiger partial charge in [-0.3, -0.25) is 25.2 Å². The summed E-state index contributed by atoms with van der Waals surface area (Å²) in [5.74, 6) is -0.672. The summed E-state index contributed by atoms with van der Waals surface area (Å²) in [6.07, 6.45) is -3.77. The highest BCUT2D eigenvalue weighted by molar-refractivity contribution is 5.96. The quantitative estimate of drug-likeness (QED) is 0.815. The van der Waals surface area contributed by atoms with Gasteiger partial charge in [0, 0.05) is 6.20 Å². The molecule has 0 bridgehead atoms. The average molecular weight is 357 g/mol. The van der Waals surface area contributed by atoms with Gasteiger partial charge in [0.05, 0.1) is 5.56 Å². The number of hydrogen-bond acceptors (Lipinski definition) is 4. The molecule has 2 aromatic rings. The third-order valence-electron chi connectivity index (χ3n) is 3.24. The second-order valence-corrected chi connectivity index (χ2v) is 5.18. The summed E-state index contributed by atoms with van der Waals surface area (Å²) in [4.78, 5) is 35.4. The monoisotopic (exact) mass is 357 g/mol. The number of hydrazine groups is 1. The van der Waals surface area contributed by atoms with E-state index in [1.807, 2.05) is 5.43 Å². The van der Waals surface area contributed by atoms with Gasteiger partial charge in [-0.1, -0.05) is 0 Å². The van der Waals surface area contributed by atoms with E-state index >= 15 is 0 Å². The lowest BCUT2D eigenvalue weighted by Gasteiger charge is -2.11. The summed E-state index contributed by atoms with van der Waals surface area (Å²) in [5.41, 5.74) is 1.61. The summed E-state index contributed by atoms with van der Waals surface area (Å²) >= 11 is 0. The number of alkyl halides is 3. The van der Waals surface area contributed by atoms with E-state index < -0.39 is 35.7 Å². The van der Waals surface area contributed by atoms with Gasteiger partial charge in [0.2, 0.25) is 0 Å². The standard InChI is InChI=1S/C15H14F3N3O4/c1-8-6-10(9(2)25-8)13(23)20-19-12(22)7-21-5-3-4-11(14(21)24)15(16,17)18/h3-6H,7H2,1-2H3,(H,19,22)(H,20,23). The molecule has 0 unspecified atom stereocenters. The summed E-state index contributed by atoms with van der Waals surface area (Å²) in [5, 5.41) is 0. The summed E-state index contributed by atoms with van der Waals surface area (Å²) in [6, 6.07) is 3.10. The van der Waals surface area contributed by atoms with Crippen LogP contribution < -0.4 is 16.4 Å². The molecule has 2 heterocycles. The van der Waals surface area contributed by atoms with Crippen LogP contribution in [0.2, 0.25) is 0 Å². The molecule has 0 radical (unpaired) electrons. The molecule has 2 N–H and O–H groups in total. The summed E-state index contributed by atoms with van der Waals surface area (Å²) in [7, 11) is 0. The van der Waals surface area contributed by atoms with Crippen molar-refractivity contribution in [3.63, 3.8) is 0 Å². The maximum Gasteiger partial charge on any atom is 0.421 e. The van der Waals surface area contributed by atoms with Crippen molar-refractivity contribution in [2.45, 2.75) is 26.6 Å². The predicted molar refractivity (Wildman–Crippen MR) is 79.5 cm³/mol. The zero-order chi connectivity index (χ0) is 18.8. The van der Waals surface area contributed by atoms with Gasteiger partial charge in [-0.05, 0) is 32.0 Å². The highest BCUT2D eigenvalue weighted by atomic mass is 19.4. The molecule has 2 amide bonds. The smallest absolute Gasteiger partial charge is 0.421 e. The van der Waals surface area contributed by atoms with Gasteiger partial charge in [-0.25, -0.2) is 0 Å². The van der Waals surface area contributed by atoms with Crippen molar-refractivity contribution in [3.05, 3.63) is 57.4 Å². The normalized spacial score (nSPS) is 11.2. The van der Waals surface area contributed by atoms with Crippen molar-refractivity contribution in [3.8, 4) is 0 Å². The van der Waals surface area contributed by atoms with Gasteiger partial charge in [0.25, 0.3) is 17.4 Å². The first-order valence-electron chi connectivity index (χ1n) is 7.02. The third kappa shape index (κ3) is 4.28.